The van der Waals surface area contributed by atoms with Crippen molar-refractivity contribution in [3.63, 3.8) is 0 Å². The lowest BCUT2D eigenvalue weighted by atomic mass is 9.70. The van der Waals surface area contributed by atoms with Crippen LogP contribution in [0.1, 0.15) is 80.7 Å². The Kier molecular flexibility index (Phi) is 5.30. The summed E-state index contributed by atoms with van der Waals surface area (Å²) < 4.78 is 5.51. The fourth-order valence-electron chi connectivity index (χ4n) is 5.32. The zero-order valence-electron chi connectivity index (χ0n) is 20.9. The van der Waals surface area contributed by atoms with Gasteiger partial charge in [0.2, 0.25) is 0 Å². The van der Waals surface area contributed by atoms with Gasteiger partial charge in [0.25, 0.3) is 0 Å². The number of amides is 1. The van der Waals surface area contributed by atoms with Gasteiger partial charge in [-0.05, 0) is 61.6 Å². The van der Waals surface area contributed by atoms with Gasteiger partial charge in [0.15, 0.2) is 0 Å². The topological polar surface area (TPSA) is 89.4 Å². The second-order valence-corrected chi connectivity index (χ2v) is 11.0. The molecular formula is C29H31N3O3. The van der Waals surface area contributed by atoms with Crippen LogP contribution in [0.2, 0.25) is 0 Å². The van der Waals surface area contributed by atoms with E-state index in [0.29, 0.717) is 18.7 Å². The molecule has 1 aliphatic heterocycles. The standard InChI is InChI=1S/C29H31N3O3/c1-28(2,3)35-27(34)32-12-10-18(11-13-32)19-7-9-20-22(15-19)29(4,5)26-24(25(20)33)21-8-6-17(16-30)14-23(21)31-26/h6-10,14-15,25,31,33H,11-13H2,1-5H3. The molecular weight excluding hydrogens is 438 g/mol. The summed E-state index contributed by atoms with van der Waals surface area (Å²) in [4.78, 5) is 17.7. The molecule has 2 N–H and O–H groups in total. The number of nitriles is 1. The molecule has 1 amide bonds. The summed E-state index contributed by atoms with van der Waals surface area (Å²) in [7, 11) is 0. The number of hydrogen-bond acceptors (Lipinski definition) is 4. The first-order chi connectivity index (χ1) is 16.5. The van der Waals surface area contributed by atoms with Gasteiger partial charge in [0.05, 0.1) is 11.6 Å². The quantitative estimate of drug-likeness (QED) is 0.472. The minimum atomic E-state index is -0.744. The Morgan fingerprint density at radius 3 is 2.66 bits per heavy atom. The van der Waals surface area contributed by atoms with Gasteiger partial charge < -0.3 is 19.7 Å². The van der Waals surface area contributed by atoms with Crippen LogP contribution in [0.25, 0.3) is 16.5 Å². The minimum absolute atomic E-state index is 0.284. The second kappa shape index (κ2) is 8.00. The molecule has 1 aliphatic carbocycles. The minimum Gasteiger partial charge on any atom is -0.444 e. The summed E-state index contributed by atoms with van der Waals surface area (Å²) in [5, 5.41) is 21.6. The normalized spacial score (nSPS) is 18.9. The Hall–Kier alpha value is -3.56. The number of benzene rings is 2. The summed E-state index contributed by atoms with van der Waals surface area (Å²) in [6, 6.07) is 14.0. The van der Waals surface area contributed by atoms with Crippen LogP contribution >= 0.6 is 0 Å². The molecule has 5 rings (SSSR count). The van der Waals surface area contributed by atoms with Crippen LogP contribution in [0.4, 0.5) is 4.79 Å². The highest BCUT2D eigenvalue weighted by Gasteiger charge is 2.40. The summed E-state index contributed by atoms with van der Waals surface area (Å²) in [5.74, 6) is 0. The third-order valence-corrected chi connectivity index (χ3v) is 7.12. The smallest absolute Gasteiger partial charge is 0.410 e. The van der Waals surface area contributed by atoms with Crippen molar-refractivity contribution < 1.29 is 14.6 Å². The number of carbonyl (C=O) groups excluding carboxylic acids is 1. The number of aliphatic hydroxyl groups excluding tert-OH is 1. The van der Waals surface area contributed by atoms with Gasteiger partial charge in [-0.3, -0.25) is 0 Å². The molecule has 1 unspecified atom stereocenters. The van der Waals surface area contributed by atoms with Crippen molar-refractivity contribution in [1.82, 2.24) is 9.88 Å². The van der Waals surface area contributed by atoms with E-state index >= 15 is 0 Å². The summed E-state index contributed by atoms with van der Waals surface area (Å²) >= 11 is 0. The molecule has 180 valence electrons. The Bertz CT molecular complexity index is 1420. The molecule has 2 aliphatic rings. The van der Waals surface area contributed by atoms with Crippen LogP contribution in [0.5, 0.6) is 0 Å². The van der Waals surface area contributed by atoms with Gasteiger partial charge in [-0.25, -0.2) is 4.79 Å². The highest BCUT2D eigenvalue weighted by molar-refractivity contribution is 5.88. The van der Waals surface area contributed by atoms with Crippen LogP contribution in [0, 0.1) is 11.3 Å². The van der Waals surface area contributed by atoms with E-state index in [1.807, 2.05) is 39.0 Å². The number of rotatable bonds is 1. The predicted molar refractivity (Wildman–Crippen MR) is 136 cm³/mol. The Morgan fingerprint density at radius 2 is 2.00 bits per heavy atom. The van der Waals surface area contributed by atoms with Crippen LogP contribution in [0.3, 0.4) is 0 Å². The van der Waals surface area contributed by atoms with Gasteiger partial charge in [-0.1, -0.05) is 44.2 Å². The largest absolute Gasteiger partial charge is 0.444 e. The molecule has 0 spiro atoms. The number of nitrogens with one attached hydrogen (secondary N) is 1. The van der Waals surface area contributed by atoms with Gasteiger partial charge in [0, 0.05) is 40.7 Å². The molecule has 0 saturated carbocycles. The monoisotopic (exact) mass is 469 g/mol. The predicted octanol–water partition coefficient (Wildman–Crippen LogP) is 5.78. The first-order valence-electron chi connectivity index (χ1n) is 12.1. The maximum absolute atomic E-state index is 12.4. The van der Waals surface area contributed by atoms with Gasteiger partial charge >= 0.3 is 6.09 Å². The van der Waals surface area contributed by atoms with Crippen molar-refractivity contribution in [3.8, 4) is 6.07 Å². The number of hydrogen-bond donors (Lipinski definition) is 2. The zero-order chi connectivity index (χ0) is 25.1. The summed E-state index contributed by atoms with van der Waals surface area (Å²) in [6.45, 7) is 11.1. The Balaban J connectivity index is 1.48. The number of nitrogens with zero attached hydrogens (tertiary/aromatic N) is 2. The number of aromatic nitrogens is 1. The van der Waals surface area contributed by atoms with Crippen LogP contribution < -0.4 is 0 Å². The Morgan fingerprint density at radius 1 is 1.23 bits per heavy atom. The lowest BCUT2D eigenvalue weighted by molar-refractivity contribution is 0.0270. The SMILES string of the molecule is CC(C)(C)OC(=O)N1CC=C(c2ccc3c(c2)C(C)(C)c2[nH]c4cc(C#N)ccc4c2C3O)CC1. The Labute approximate surface area is 205 Å². The first-order valence-corrected chi connectivity index (χ1v) is 12.1. The molecule has 2 heterocycles. The number of H-pyrrole nitrogens is 1. The number of carbonyl (C=O) groups is 1. The van der Waals surface area contributed by atoms with Crippen molar-refractivity contribution >= 4 is 22.6 Å². The lowest BCUT2D eigenvalue weighted by Crippen LogP contribution is -2.39. The molecule has 0 fully saturated rings. The second-order valence-electron chi connectivity index (χ2n) is 11.0. The van der Waals surface area contributed by atoms with Crippen molar-refractivity contribution in [2.75, 3.05) is 13.1 Å². The molecule has 2 aromatic carbocycles. The van der Waals surface area contributed by atoms with Crippen LogP contribution in [0.15, 0.2) is 42.5 Å². The number of aliphatic hydroxyl groups is 1. The van der Waals surface area contributed by atoms with Crippen LogP contribution in [-0.2, 0) is 10.2 Å². The highest BCUT2D eigenvalue weighted by Crippen LogP contribution is 2.49. The van der Waals surface area contributed by atoms with Crippen LogP contribution in [-0.4, -0.2) is 39.8 Å². The average Bonchev–Trinajstić information content (AvgIpc) is 3.21. The molecule has 1 atom stereocenters. The van der Waals surface area contributed by atoms with Gasteiger partial charge in [0.1, 0.15) is 11.7 Å². The summed E-state index contributed by atoms with van der Waals surface area (Å²) in [6.07, 6.45) is 1.81. The lowest BCUT2D eigenvalue weighted by Gasteiger charge is -2.36. The maximum Gasteiger partial charge on any atom is 0.410 e. The molecule has 6 heteroatoms. The van der Waals surface area contributed by atoms with Gasteiger partial charge in [-0.2, -0.15) is 5.26 Å². The van der Waals surface area contributed by atoms with Crippen molar-refractivity contribution in [2.45, 2.75) is 58.2 Å². The third-order valence-electron chi connectivity index (χ3n) is 7.12. The van der Waals surface area contributed by atoms with E-state index in [-0.39, 0.29) is 11.5 Å². The van der Waals surface area contributed by atoms with E-state index in [9.17, 15) is 15.2 Å². The number of ether oxygens (including phenoxy) is 1. The molecule has 0 saturated heterocycles. The number of fused-ring (bicyclic) bond motifs is 4. The first kappa shape index (κ1) is 23.2. The average molecular weight is 470 g/mol. The van der Waals surface area contributed by atoms with Crippen molar-refractivity contribution in [1.29, 1.82) is 5.26 Å². The van der Waals surface area contributed by atoms with Crippen molar-refractivity contribution in [3.05, 3.63) is 76.0 Å². The van der Waals surface area contributed by atoms with Gasteiger partial charge in [-0.15, -0.1) is 0 Å². The fraction of sp³-hybridized carbons (Fsp3) is 0.379. The van der Waals surface area contributed by atoms with E-state index in [1.165, 1.54) is 5.57 Å². The number of aromatic amines is 1. The molecule has 0 bridgehead atoms. The van der Waals surface area contributed by atoms with E-state index in [2.05, 4.69) is 43.1 Å². The van der Waals surface area contributed by atoms with E-state index in [1.54, 1.807) is 11.0 Å². The van der Waals surface area contributed by atoms with Crippen molar-refractivity contribution in [2.24, 2.45) is 0 Å². The zero-order valence-corrected chi connectivity index (χ0v) is 20.9. The highest BCUT2D eigenvalue weighted by atomic mass is 16.6. The van der Waals surface area contributed by atoms with E-state index in [0.717, 1.165) is 45.3 Å². The maximum atomic E-state index is 12.4. The fourth-order valence-corrected chi connectivity index (χ4v) is 5.32. The molecule has 1 aromatic heterocycles. The summed E-state index contributed by atoms with van der Waals surface area (Å²) in [5.41, 5.74) is 6.75. The third kappa shape index (κ3) is 3.90. The molecule has 6 nitrogen and oxygen atoms in total. The molecule has 0 radical (unpaired) electrons. The van der Waals surface area contributed by atoms with E-state index in [4.69, 9.17) is 4.74 Å². The molecule has 35 heavy (non-hydrogen) atoms. The van der Waals surface area contributed by atoms with E-state index < -0.39 is 11.7 Å². The molecule has 3 aromatic rings.